The number of hydrogen-bond donors (Lipinski definition) is 3. The van der Waals surface area contributed by atoms with E-state index < -0.39 is 35.2 Å². The highest BCUT2D eigenvalue weighted by molar-refractivity contribution is 7.80. The van der Waals surface area contributed by atoms with Gasteiger partial charge in [0.1, 0.15) is 17.2 Å². The molecule has 2 N–H and O–H groups in total. The van der Waals surface area contributed by atoms with Crippen LogP contribution < -0.4 is 10.6 Å². The Labute approximate surface area is 136 Å². The Bertz CT molecular complexity index is 418. The molecule has 7 nitrogen and oxygen atoms in total. The van der Waals surface area contributed by atoms with Gasteiger partial charge in [0.05, 0.1) is 6.61 Å². The molecule has 0 aromatic heterocycles. The number of alkyl carbamates (subject to hydrolysis) is 1. The Morgan fingerprint density at radius 2 is 1.68 bits per heavy atom. The molecule has 0 bridgehead atoms. The van der Waals surface area contributed by atoms with Gasteiger partial charge < -0.3 is 20.1 Å². The maximum absolute atomic E-state index is 12.2. The van der Waals surface area contributed by atoms with Crippen LogP contribution in [0.1, 0.15) is 41.5 Å². The molecule has 22 heavy (non-hydrogen) atoms. The molecule has 0 saturated carbocycles. The topological polar surface area (TPSA) is 93.7 Å². The largest absolute Gasteiger partial charge is 0.464 e. The fourth-order valence-corrected chi connectivity index (χ4v) is 1.62. The predicted molar refractivity (Wildman–Crippen MR) is 85.9 cm³/mol. The number of esters is 1. The monoisotopic (exact) mass is 334 g/mol. The van der Waals surface area contributed by atoms with Gasteiger partial charge in [0.2, 0.25) is 5.91 Å². The Balaban J connectivity index is 4.73. The van der Waals surface area contributed by atoms with Gasteiger partial charge in [-0.25, -0.2) is 9.59 Å². The molecule has 0 radical (unpaired) electrons. The zero-order valence-electron chi connectivity index (χ0n) is 14.0. The number of amides is 2. The Kier molecular flexibility index (Phi) is 7.72. The highest BCUT2D eigenvalue weighted by atomic mass is 32.1. The fourth-order valence-electron chi connectivity index (χ4n) is 1.38. The van der Waals surface area contributed by atoms with Gasteiger partial charge in [-0.1, -0.05) is 0 Å². The summed E-state index contributed by atoms with van der Waals surface area (Å²) in [4.78, 5) is 35.6. The van der Waals surface area contributed by atoms with E-state index in [1.54, 1.807) is 27.7 Å². The second-order valence-electron chi connectivity index (χ2n) is 6.21. The number of carbonyl (C=O) groups is 3. The first kappa shape index (κ1) is 20.6. The summed E-state index contributed by atoms with van der Waals surface area (Å²) in [6.45, 7) is 10.0. The van der Waals surface area contributed by atoms with E-state index in [1.165, 1.54) is 13.8 Å². The Morgan fingerprint density at radius 1 is 1.14 bits per heavy atom. The van der Waals surface area contributed by atoms with Gasteiger partial charge in [-0.3, -0.25) is 4.79 Å². The molecule has 0 aliphatic carbocycles. The van der Waals surface area contributed by atoms with Crippen molar-refractivity contribution in [2.45, 2.75) is 58.7 Å². The number of rotatable bonds is 6. The lowest BCUT2D eigenvalue weighted by Gasteiger charge is -2.29. The molecule has 0 aliphatic heterocycles. The van der Waals surface area contributed by atoms with Gasteiger partial charge in [0.25, 0.3) is 0 Å². The molecule has 1 atom stereocenters. The zero-order chi connectivity index (χ0) is 17.6. The van der Waals surface area contributed by atoms with Crippen LogP contribution in [0, 0.1) is 0 Å². The van der Waals surface area contributed by atoms with Crippen molar-refractivity contribution in [1.82, 2.24) is 10.6 Å². The second kappa shape index (κ2) is 8.26. The van der Waals surface area contributed by atoms with Crippen molar-refractivity contribution in [1.29, 1.82) is 0 Å². The first-order chi connectivity index (χ1) is 9.92. The fraction of sp³-hybridized carbons (Fsp3) is 0.786. The molecule has 0 aromatic rings. The smallest absolute Gasteiger partial charge is 0.408 e. The molecular formula is C14H26N2O5S. The summed E-state index contributed by atoms with van der Waals surface area (Å²) in [6.07, 6.45) is -0.716. The quantitative estimate of drug-likeness (QED) is 0.502. The van der Waals surface area contributed by atoms with Gasteiger partial charge in [-0.15, -0.1) is 0 Å². The summed E-state index contributed by atoms with van der Waals surface area (Å²) in [5.74, 6) is -1.02. The van der Waals surface area contributed by atoms with E-state index in [9.17, 15) is 14.4 Å². The van der Waals surface area contributed by atoms with Crippen molar-refractivity contribution in [3.63, 3.8) is 0 Å². The number of carbonyl (C=O) groups excluding carboxylic acids is 3. The van der Waals surface area contributed by atoms with Crippen LogP contribution in [0.3, 0.4) is 0 Å². The van der Waals surface area contributed by atoms with Crippen LogP contribution in [0.4, 0.5) is 4.79 Å². The summed E-state index contributed by atoms with van der Waals surface area (Å²) in [5.41, 5.74) is -1.93. The number of thiol groups is 1. The molecule has 0 unspecified atom stereocenters. The number of hydrogen-bond acceptors (Lipinski definition) is 6. The minimum atomic E-state index is -1.25. The normalized spacial score (nSPS) is 13.0. The van der Waals surface area contributed by atoms with Crippen molar-refractivity contribution in [2.75, 3.05) is 12.4 Å². The van der Waals surface area contributed by atoms with Crippen molar-refractivity contribution in [2.24, 2.45) is 0 Å². The average Bonchev–Trinajstić information content (AvgIpc) is 2.32. The molecule has 0 heterocycles. The lowest BCUT2D eigenvalue weighted by molar-refractivity contribution is -0.147. The van der Waals surface area contributed by atoms with E-state index in [0.29, 0.717) is 0 Å². The minimum Gasteiger partial charge on any atom is -0.464 e. The molecule has 0 aliphatic rings. The second-order valence-corrected chi connectivity index (χ2v) is 6.58. The molecule has 128 valence electrons. The lowest BCUT2D eigenvalue weighted by atomic mass is 10.0. The first-order valence-electron chi connectivity index (χ1n) is 7.02. The third-order valence-corrected chi connectivity index (χ3v) is 2.81. The van der Waals surface area contributed by atoms with Gasteiger partial charge in [-0.2, -0.15) is 12.6 Å². The van der Waals surface area contributed by atoms with Crippen LogP contribution in [0.2, 0.25) is 0 Å². The van der Waals surface area contributed by atoms with E-state index in [0.717, 1.165) is 0 Å². The summed E-state index contributed by atoms with van der Waals surface area (Å²) < 4.78 is 9.95. The third-order valence-electron chi connectivity index (χ3n) is 2.44. The van der Waals surface area contributed by atoms with Crippen molar-refractivity contribution < 1.29 is 23.9 Å². The van der Waals surface area contributed by atoms with Crippen LogP contribution >= 0.6 is 12.6 Å². The molecule has 0 saturated heterocycles. The van der Waals surface area contributed by atoms with Crippen molar-refractivity contribution in [3.05, 3.63) is 0 Å². The molecule has 2 amide bonds. The van der Waals surface area contributed by atoms with Crippen LogP contribution in [0.25, 0.3) is 0 Å². The van der Waals surface area contributed by atoms with Crippen molar-refractivity contribution >= 4 is 30.6 Å². The zero-order valence-corrected chi connectivity index (χ0v) is 14.9. The van der Waals surface area contributed by atoms with E-state index in [1.807, 2.05) is 0 Å². The van der Waals surface area contributed by atoms with Crippen LogP contribution in [0.15, 0.2) is 0 Å². The number of nitrogens with one attached hydrogen (secondary N) is 2. The maximum Gasteiger partial charge on any atom is 0.408 e. The SMILES string of the molecule is CCOC(=O)[C@H](CS)NC(=O)C(C)(C)NC(=O)OC(C)(C)C. The molecular weight excluding hydrogens is 308 g/mol. The molecule has 0 rings (SSSR count). The van der Waals surface area contributed by atoms with E-state index in [4.69, 9.17) is 9.47 Å². The van der Waals surface area contributed by atoms with Crippen LogP contribution in [0.5, 0.6) is 0 Å². The van der Waals surface area contributed by atoms with E-state index >= 15 is 0 Å². The van der Waals surface area contributed by atoms with Gasteiger partial charge in [-0.05, 0) is 41.5 Å². The highest BCUT2D eigenvalue weighted by Crippen LogP contribution is 2.10. The number of ether oxygens (including phenoxy) is 2. The van der Waals surface area contributed by atoms with Gasteiger partial charge >= 0.3 is 12.1 Å². The standard InChI is InChI=1S/C14H26N2O5S/c1-7-20-10(17)9(8-22)15-11(18)14(5,6)16-12(19)21-13(2,3)4/h9,22H,7-8H2,1-6H3,(H,15,18)(H,16,19)/t9-/m0/s1. The molecule has 0 aromatic carbocycles. The van der Waals surface area contributed by atoms with E-state index in [-0.39, 0.29) is 12.4 Å². The van der Waals surface area contributed by atoms with E-state index in [2.05, 4.69) is 23.3 Å². The summed E-state index contributed by atoms with van der Waals surface area (Å²) in [7, 11) is 0. The van der Waals surface area contributed by atoms with Crippen LogP contribution in [-0.4, -0.2) is 47.5 Å². The lowest BCUT2D eigenvalue weighted by Crippen LogP contribution is -2.58. The molecule has 8 heteroatoms. The average molecular weight is 334 g/mol. The summed E-state index contributed by atoms with van der Waals surface area (Å²) >= 11 is 4.02. The molecule has 0 spiro atoms. The highest BCUT2D eigenvalue weighted by Gasteiger charge is 2.34. The third kappa shape index (κ3) is 7.53. The Hall–Kier alpha value is -1.44. The summed E-state index contributed by atoms with van der Waals surface area (Å²) in [5, 5.41) is 4.96. The predicted octanol–water partition coefficient (Wildman–Crippen LogP) is 1.27. The summed E-state index contributed by atoms with van der Waals surface area (Å²) in [6, 6.07) is -0.879. The Morgan fingerprint density at radius 3 is 2.09 bits per heavy atom. The maximum atomic E-state index is 12.2. The van der Waals surface area contributed by atoms with Gasteiger partial charge in [0, 0.05) is 5.75 Å². The van der Waals surface area contributed by atoms with Crippen molar-refractivity contribution in [3.8, 4) is 0 Å². The minimum absolute atomic E-state index is 0.0904. The molecule has 0 fully saturated rings. The van der Waals surface area contributed by atoms with Gasteiger partial charge in [0.15, 0.2) is 0 Å². The van der Waals surface area contributed by atoms with Crippen LogP contribution in [-0.2, 0) is 19.1 Å². The first-order valence-corrected chi connectivity index (χ1v) is 7.65.